The third kappa shape index (κ3) is 3.27. The lowest BCUT2D eigenvalue weighted by atomic mass is 10.0. The number of likely N-dealkylation sites (N-methyl/N-ethyl adjacent to an activating group) is 1. The van der Waals surface area contributed by atoms with Gasteiger partial charge in [0.25, 0.3) is 0 Å². The number of rotatable bonds is 5. The van der Waals surface area contributed by atoms with Crippen LogP contribution in [0.2, 0.25) is 0 Å². The Morgan fingerprint density at radius 3 is 2.82 bits per heavy atom. The molecule has 0 bridgehead atoms. The second-order valence-corrected chi connectivity index (χ2v) is 5.80. The molecule has 6 nitrogen and oxygen atoms in total. The standard InChI is InChI=1S/C16H24N6/c1-3-22-11-5-4-6-13(22)12-17-16-8-7-14(19-20-16)15-9-10-18-21(15)2/h7-10,13H,3-6,11-12H2,1-2H3,(H,17,20). The van der Waals surface area contributed by atoms with Gasteiger partial charge in [-0.2, -0.15) is 5.10 Å². The molecule has 1 fully saturated rings. The number of likely N-dealkylation sites (tertiary alicyclic amines) is 1. The molecule has 1 saturated heterocycles. The molecule has 1 aliphatic rings. The van der Waals surface area contributed by atoms with Crippen molar-refractivity contribution in [3.05, 3.63) is 24.4 Å². The van der Waals surface area contributed by atoms with E-state index in [1.54, 1.807) is 10.9 Å². The van der Waals surface area contributed by atoms with Gasteiger partial charge in [0.05, 0.1) is 5.69 Å². The Morgan fingerprint density at radius 2 is 2.14 bits per heavy atom. The van der Waals surface area contributed by atoms with Gasteiger partial charge in [-0.05, 0) is 44.1 Å². The fourth-order valence-electron chi connectivity index (χ4n) is 3.12. The third-order valence-corrected chi connectivity index (χ3v) is 4.42. The molecule has 0 spiro atoms. The minimum atomic E-state index is 0.609. The van der Waals surface area contributed by atoms with Crippen LogP contribution in [0.1, 0.15) is 26.2 Å². The Bertz CT molecular complexity index is 591. The highest BCUT2D eigenvalue weighted by Gasteiger charge is 2.20. The molecule has 1 N–H and O–H groups in total. The average molecular weight is 300 g/mol. The van der Waals surface area contributed by atoms with Crippen molar-refractivity contribution in [3.63, 3.8) is 0 Å². The van der Waals surface area contributed by atoms with Crippen LogP contribution in [0.15, 0.2) is 24.4 Å². The van der Waals surface area contributed by atoms with Crippen molar-refractivity contribution >= 4 is 5.82 Å². The van der Waals surface area contributed by atoms with E-state index in [2.05, 4.69) is 32.4 Å². The number of aromatic nitrogens is 4. The quantitative estimate of drug-likeness (QED) is 0.917. The van der Waals surface area contributed by atoms with E-state index in [1.165, 1.54) is 25.8 Å². The predicted molar refractivity (Wildman–Crippen MR) is 87.6 cm³/mol. The van der Waals surface area contributed by atoms with Crippen LogP contribution in [0.25, 0.3) is 11.4 Å². The lowest BCUT2D eigenvalue weighted by molar-refractivity contribution is 0.164. The van der Waals surface area contributed by atoms with Crippen molar-refractivity contribution in [2.75, 3.05) is 25.0 Å². The molecule has 3 rings (SSSR count). The van der Waals surface area contributed by atoms with Gasteiger partial charge < -0.3 is 5.32 Å². The first-order valence-corrected chi connectivity index (χ1v) is 8.08. The van der Waals surface area contributed by atoms with Gasteiger partial charge in [0.15, 0.2) is 0 Å². The van der Waals surface area contributed by atoms with Gasteiger partial charge >= 0.3 is 0 Å². The van der Waals surface area contributed by atoms with E-state index in [-0.39, 0.29) is 0 Å². The summed E-state index contributed by atoms with van der Waals surface area (Å²) in [6.45, 7) is 5.51. The monoisotopic (exact) mass is 300 g/mol. The van der Waals surface area contributed by atoms with Crippen molar-refractivity contribution in [2.24, 2.45) is 7.05 Å². The Kier molecular flexibility index (Phi) is 4.68. The lowest BCUT2D eigenvalue weighted by Crippen LogP contribution is -2.43. The summed E-state index contributed by atoms with van der Waals surface area (Å²) in [5, 5.41) is 16.2. The highest BCUT2D eigenvalue weighted by Crippen LogP contribution is 2.18. The minimum Gasteiger partial charge on any atom is -0.367 e. The van der Waals surface area contributed by atoms with E-state index in [4.69, 9.17) is 0 Å². The van der Waals surface area contributed by atoms with E-state index < -0.39 is 0 Å². The summed E-state index contributed by atoms with van der Waals surface area (Å²) in [7, 11) is 1.91. The number of hydrogen-bond acceptors (Lipinski definition) is 5. The largest absolute Gasteiger partial charge is 0.367 e. The van der Waals surface area contributed by atoms with Crippen LogP contribution in [0.5, 0.6) is 0 Å². The van der Waals surface area contributed by atoms with E-state index >= 15 is 0 Å². The first-order valence-electron chi connectivity index (χ1n) is 8.08. The van der Waals surface area contributed by atoms with Crippen LogP contribution in [-0.2, 0) is 7.05 Å². The van der Waals surface area contributed by atoms with Crippen LogP contribution in [0.3, 0.4) is 0 Å². The topological polar surface area (TPSA) is 58.9 Å². The van der Waals surface area contributed by atoms with E-state index in [0.29, 0.717) is 6.04 Å². The summed E-state index contributed by atoms with van der Waals surface area (Å²) < 4.78 is 1.80. The van der Waals surface area contributed by atoms with E-state index in [0.717, 1.165) is 30.3 Å². The highest BCUT2D eigenvalue weighted by molar-refractivity contribution is 5.54. The maximum Gasteiger partial charge on any atom is 0.148 e. The maximum absolute atomic E-state index is 4.30. The van der Waals surface area contributed by atoms with Gasteiger partial charge in [-0.3, -0.25) is 9.58 Å². The van der Waals surface area contributed by atoms with Crippen molar-refractivity contribution in [2.45, 2.75) is 32.2 Å². The first-order chi connectivity index (χ1) is 10.8. The third-order valence-electron chi connectivity index (χ3n) is 4.42. The zero-order valence-corrected chi connectivity index (χ0v) is 13.4. The summed E-state index contributed by atoms with van der Waals surface area (Å²) in [6, 6.07) is 6.54. The van der Waals surface area contributed by atoms with Gasteiger partial charge in [-0.1, -0.05) is 13.3 Å². The normalized spacial score (nSPS) is 19.3. The minimum absolute atomic E-state index is 0.609. The van der Waals surface area contributed by atoms with Crippen molar-refractivity contribution < 1.29 is 0 Å². The van der Waals surface area contributed by atoms with Crippen molar-refractivity contribution in [3.8, 4) is 11.4 Å². The number of nitrogens with zero attached hydrogens (tertiary/aromatic N) is 5. The van der Waals surface area contributed by atoms with Crippen LogP contribution in [-0.4, -0.2) is 50.6 Å². The zero-order valence-electron chi connectivity index (χ0n) is 13.4. The summed E-state index contributed by atoms with van der Waals surface area (Å²) >= 11 is 0. The smallest absolute Gasteiger partial charge is 0.148 e. The van der Waals surface area contributed by atoms with Crippen molar-refractivity contribution in [1.29, 1.82) is 0 Å². The highest BCUT2D eigenvalue weighted by atomic mass is 15.3. The van der Waals surface area contributed by atoms with Crippen LogP contribution < -0.4 is 5.32 Å². The molecular formula is C16H24N6. The molecule has 2 aromatic heterocycles. The zero-order chi connectivity index (χ0) is 15.4. The van der Waals surface area contributed by atoms with E-state index in [9.17, 15) is 0 Å². The Balaban J connectivity index is 1.60. The molecule has 3 heterocycles. The molecule has 0 aliphatic carbocycles. The van der Waals surface area contributed by atoms with E-state index in [1.807, 2.05) is 25.2 Å². The Hall–Kier alpha value is -1.95. The number of aryl methyl sites for hydroxylation is 1. The molecule has 1 atom stereocenters. The second kappa shape index (κ2) is 6.87. The van der Waals surface area contributed by atoms with Crippen LogP contribution in [0, 0.1) is 0 Å². The van der Waals surface area contributed by atoms with Gasteiger partial charge in [0, 0.05) is 25.8 Å². The molecule has 6 heteroatoms. The molecule has 0 radical (unpaired) electrons. The molecule has 2 aromatic rings. The summed E-state index contributed by atoms with van der Waals surface area (Å²) in [5.74, 6) is 0.840. The lowest BCUT2D eigenvalue weighted by Gasteiger charge is -2.34. The summed E-state index contributed by atoms with van der Waals surface area (Å²) in [4.78, 5) is 2.55. The maximum atomic E-state index is 4.30. The fourth-order valence-corrected chi connectivity index (χ4v) is 3.12. The average Bonchev–Trinajstić information content (AvgIpc) is 3.00. The molecular weight excluding hydrogens is 276 g/mol. The molecule has 22 heavy (non-hydrogen) atoms. The second-order valence-electron chi connectivity index (χ2n) is 5.80. The number of anilines is 1. The van der Waals surface area contributed by atoms with Crippen molar-refractivity contribution in [1.82, 2.24) is 24.9 Å². The van der Waals surface area contributed by atoms with Crippen LogP contribution in [0.4, 0.5) is 5.82 Å². The van der Waals surface area contributed by atoms with Gasteiger partial charge in [0.1, 0.15) is 11.5 Å². The van der Waals surface area contributed by atoms with Gasteiger partial charge in [-0.25, -0.2) is 0 Å². The molecule has 1 aliphatic heterocycles. The number of nitrogens with one attached hydrogen (secondary N) is 1. The predicted octanol–water partition coefficient (Wildman–Crippen LogP) is 2.16. The summed E-state index contributed by atoms with van der Waals surface area (Å²) in [6.07, 6.45) is 5.68. The molecule has 0 amide bonds. The molecule has 0 saturated carbocycles. The number of piperidine rings is 1. The SMILES string of the molecule is CCN1CCCCC1CNc1ccc(-c2ccnn2C)nn1. The number of hydrogen-bond donors (Lipinski definition) is 1. The van der Waals surface area contributed by atoms with Crippen LogP contribution >= 0.6 is 0 Å². The summed E-state index contributed by atoms with van der Waals surface area (Å²) in [5.41, 5.74) is 1.82. The molecule has 0 aromatic carbocycles. The van der Waals surface area contributed by atoms with Gasteiger partial charge in [0.2, 0.25) is 0 Å². The molecule has 118 valence electrons. The molecule has 1 unspecified atom stereocenters. The Morgan fingerprint density at radius 1 is 1.23 bits per heavy atom. The Labute approximate surface area is 131 Å². The first kappa shape index (κ1) is 15.0. The van der Waals surface area contributed by atoms with Gasteiger partial charge in [-0.15, -0.1) is 10.2 Å². The fraction of sp³-hybridized carbons (Fsp3) is 0.562.